The second kappa shape index (κ2) is 13.7. The van der Waals surface area contributed by atoms with Gasteiger partial charge in [-0.15, -0.1) is 11.3 Å². The van der Waals surface area contributed by atoms with Gasteiger partial charge in [0, 0.05) is 22.9 Å². The third-order valence-corrected chi connectivity index (χ3v) is 9.83. The van der Waals surface area contributed by atoms with Crippen LogP contribution < -0.4 is 16.0 Å². The van der Waals surface area contributed by atoms with Crippen LogP contribution in [0.4, 0.5) is 5.82 Å². The Hall–Kier alpha value is -4.78. The molecule has 0 spiro atoms. The summed E-state index contributed by atoms with van der Waals surface area (Å²) < 4.78 is 45.5. The average Bonchev–Trinajstić information content (AvgIpc) is 3.67. The molecule has 0 saturated heterocycles. The molecule has 10 nitrogen and oxygen atoms in total. The third kappa shape index (κ3) is 7.04. The number of benzene rings is 2. The zero-order valence-electron chi connectivity index (χ0n) is 25.9. The van der Waals surface area contributed by atoms with Gasteiger partial charge in [-0.2, -0.15) is 8.42 Å². The number of pyridine rings is 2. The van der Waals surface area contributed by atoms with Gasteiger partial charge in [0.1, 0.15) is 17.3 Å². The number of aromatic nitrogens is 3. The van der Waals surface area contributed by atoms with Crippen molar-refractivity contribution >= 4 is 38.2 Å². The Morgan fingerprint density at radius 1 is 1.00 bits per heavy atom. The lowest BCUT2D eigenvalue weighted by molar-refractivity contribution is 0.399. The largest absolute Gasteiger partial charge is 0.456 e. The molecule has 6 rings (SSSR count). The molecule has 6 aromatic rings. The summed E-state index contributed by atoms with van der Waals surface area (Å²) in [5.74, 6) is 2.40. The highest BCUT2D eigenvalue weighted by molar-refractivity contribution is 7.88. The predicted octanol–water partition coefficient (Wildman–Crippen LogP) is 7.21. The van der Waals surface area contributed by atoms with Crippen molar-refractivity contribution in [3.8, 4) is 22.6 Å². The van der Waals surface area contributed by atoms with Crippen LogP contribution in [0, 0.1) is 13.8 Å². The molecule has 0 radical (unpaired) electrons. The minimum atomic E-state index is -4.31. The highest BCUT2D eigenvalue weighted by Crippen LogP contribution is 2.34. The van der Waals surface area contributed by atoms with Gasteiger partial charge in [-0.3, -0.25) is 14.3 Å². The van der Waals surface area contributed by atoms with Crippen LogP contribution in [0.5, 0.6) is 11.5 Å². The maximum absolute atomic E-state index is 13.4. The van der Waals surface area contributed by atoms with Gasteiger partial charge in [0.05, 0.1) is 23.1 Å². The monoisotopic (exact) mass is 658 g/mol. The van der Waals surface area contributed by atoms with E-state index < -0.39 is 10.1 Å². The first-order valence-electron chi connectivity index (χ1n) is 14.6. The Bertz CT molecular complexity index is 2130. The smallest absolute Gasteiger partial charge is 0.304 e. The fourth-order valence-corrected chi connectivity index (χ4v) is 6.67. The fraction of sp³-hybridized carbons (Fsp3) is 0.206. The van der Waals surface area contributed by atoms with E-state index in [1.54, 1.807) is 28.1 Å². The fourth-order valence-electron chi connectivity index (χ4n) is 4.91. The molecule has 0 aliphatic carbocycles. The van der Waals surface area contributed by atoms with Gasteiger partial charge in [-0.05, 0) is 67.5 Å². The van der Waals surface area contributed by atoms with Crippen LogP contribution in [0.1, 0.15) is 42.1 Å². The standard InChI is InChI=1S/C29H26N2O5S2.C5H8N2O/c1-3-21-16-25-28(24(4-2)30-21)26(36-22-8-6-5-7-9-22)17-27(32)31(25)18-19-10-12-20(13-11-19)23-14-15-37-29(23)38(33,34)35;1-3-4(2)8-7-5(3)6/h5-17H,3-4,18H2,1-2H3,(H,33,34,35);1-2H3,(H2,6,7). The highest BCUT2D eigenvalue weighted by Gasteiger charge is 2.19. The first kappa shape index (κ1) is 32.6. The van der Waals surface area contributed by atoms with Gasteiger partial charge < -0.3 is 19.6 Å². The van der Waals surface area contributed by atoms with Crippen LogP contribution in [0.2, 0.25) is 0 Å². The Balaban J connectivity index is 0.000000455. The third-order valence-electron chi connectivity index (χ3n) is 7.52. The Kier molecular flexibility index (Phi) is 9.71. The number of hydrogen-bond donors (Lipinski definition) is 2. The molecule has 46 heavy (non-hydrogen) atoms. The molecule has 4 heterocycles. The predicted molar refractivity (Wildman–Crippen MR) is 180 cm³/mol. The van der Waals surface area contributed by atoms with Gasteiger partial charge >= 0.3 is 10.1 Å². The molecule has 3 N–H and O–H groups in total. The Morgan fingerprint density at radius 3 is 2.28 bits per heavy atom. The van der Waals surface area contributed by atoms with Crippen molar-refractivity contribution in [2.24, 2.45) is 0 Å². The van der Waals surface area contributed by atoms with E-state index in [9.17, 15) is 17.8 Å². The molecule has 12 heteroatoms. The summed E-state index contributed by atoms with van der Waals surface area (Å²) in [6.45, 7) is 8.09. The summed E-state index contributed by atoms with van der Waals surface area (Å²) in [4.78, 5) is 18.2. The number of anilines is 1. The van der Waals surface area contributed by atoms with Gasteiger partial charge in [0.2, 0.25) is 0 Å². The molecular weight excluding hydrogens is 625 g/mol. The van der Waals surface area contributed by atoms with Crippen LogP contribution in [-0.2, 0) is 29.5 Å². The number of thiophene rings is 1. The van der Waals surface area contributed by atoms with Gasteiger partial charge in [0.25, 0.3) is 5.56 Å². The average molecular weight is 659 g/mol. The summed E-state index contributed by atoms with van der Waals surface area (Å²) in [7, 11) is -4.31. The number of hydrogen-bond acceptors (Lipinski definition) is 9. The molecule has 2 aromatic carbocycles. The van der Waals surface area contributed by atoms with Gasteiger partial charge in [-0.25, -0.2) is 0 Å². The lowest BCUT2D eigenvalue weighted by atomic mass is 10.1. The molecule has 0 saturated carbocycles. The number of para-hydroxylation sites is 1. The second-order valence-electron chi connectivity index (χ2n) is 10.6. The first-order valence-corrected chi connectivity index (χ1v) is 16.9. The molecule has 0 aliphatic rings. The number of ether oxygens (including phenoxy) is 1. The van der Waals surface area contributed by atoms with Crippen molar-refractivity contribution in [2.45, 2.75) is 51.3 Å². The first-order chi connectivity index (χ1) is 22.0. The van der Waals surface area contributed by atoms with E-state index in [4.69, 9.17) is 20.0 Å². The summed E-state index contributed by atoms with van der Waals surface area (Å²) in [5, 5.41) is 5.95. The maximum atomic E-state index is 13.4. The summed E-state index contributed by atoms with van der Waals surface area (Å²) in [5.41, 5.74) is 10.6. The minimum Gasteiger partial charge on any atom is -0.456 e. The van der Waals surface area contributed by atoms with Crippen LogP contribution in [0.3, 0.4) is 0 Å². The van der Waals surface area contributed by atoms with E-state index in [1.807, 2.05) is 76.2 Å². The van der Waals surface area contributed by atoms with Gasteiger partial charge in [0.15, 0.2) is 10.0 Å². The normalized spacial score (nSPS) is 11.3. The zero-order chi connectivity index (χ0) is 33.0. The van der Waals surface area contributed by atoms with E-state index in [-0.39, 0.29) is 9.77 Å². The van der Waals surface area contributed by atoms with Crippen LogP contribution in [-0.4, -0.2) is 27.7 Å². The number of nitrogens with zero attached hydrogens (tertiary/aromatic N) is 3. The second-order valence-corrected chi connectivity index (χ2v) is 13.1. The Morgan fingerprint density at radius 2 is 1.72 bits per heavy atom. The number of fused-ring (bicyclic) bond motifs is 1. The zero-order valence-corrected chi connectivity index (χ0v) is 27.5. The van der Waals surface area contributed by atoms with Crippen molar-refractivity contribution in [1.29, 1.82) is 0 Å². The molecule has 4 aromatic heterocycles. The molecule has 0 atom stereocenters. The summed E-state index contributed by atoms with van der Waals surface area (Å²) in [6.07, 6.45) is 1.41. The highest BCUT2D eigenvalue weighted by atomic mass is 32.3. The van der Waals surface area contributed by atoms with Crippen molar-refractivity contribution in [3.63, 3.8) is 0 Å². The van der Waals surface area contributed by atoms with Crippen molar-refractivity contribution in [2.75, 3.05) is 5.73 Å². The lowest BCUT2D eigenvalue weighted by Gasteiger charge is -2.17. The van der Waals surface area contributed by atoms with E-state index in [0.29, 0.717) is 41.4 Å². The SMILES string of the molecule is CCc1cc2c(c(Oc3ccccc3)cc(=O)n2Cc2ccc(-c3ccsc3S(=O)(=O)O)cc2)c(CC)n1.Cc1onc(N)c1C. The van der Waals surface area contributed by atoms with E-state index in [0.717, 1.165) is 56.9 Å². The van der Waals surface area contributed by atoms with Crippen LogP contribution >= 0.6 is 11.3 Å². The van der Waals surface area contributed by atoms with Gasteiger partial charge in [-0.1, -0.05) is 61.5 Å². The van der Waals surface area contributed by atoms with Crippen LogP contribution in [0.25, 0.3) is 22.0 Å². The van der Waals surface area contributed by atoms with Crippen molar-refractivity contribution in [3.05, 3.63) is 117 Å². The molecule has 0 amide bonds. The molecule has 0 bridgehead atoms. The van der Waals surface area contributed by atoms with E-state index in [1.165, 1.54) is 6.07 Å². The Labute approximate surface area is 270 Å². The minimum absolute atomic E-state index is 0.0897. The topological polar surface area (TPSA) is 151 Å². The molecule has 0 aliphatic heterocycles. The van der Waals surface area contributed by atoms with Crippen LogP contribution in [0.15, 0.2) is 91.7 Å². The number of rotatable bonds is 8. The van der Waals surface area contributed by atoms with Crippen molar-refractivity contribution in [1.82, 2.24) is 14.7 Å². The van der Waals surface area contributed by atoms with E-state index >= 15 is 0 Å². The number of nitrogen functional groups attached to an aromatic ring is 1. The molecular formula is C34H34N4O6S2. The molecule has 0 fully saturated rings. The lowest BCUT2D eigenvalue weighted by Crippen LogP contribution is -2.21. The summed E-state index contributed by atoms with van der Waals surface area (Å²) in [6, 6.07) is 21.8. The molecule has 0 unspecified atom stereocenters. The summed E-state index contributed by atoms with van der Waals surface area (Å²) >= 11 is 0.969. The van der Waals surface area contributed by atoms with Crippen molar-refractivity contribution < 1.29 is 22.2 Å². The molecule has 238 valence electrons. The number of aryl methyl sites for hydroxylation is 3. The maximum Gasteiger partial charge on any atom is 0.304 e. The quantitative estimate of drug-likeness (QED) is 0.162. The van der Waals surface area contributed by atoms with E-state index in [2.05, 4.69) is 5.16 Å². The number of nitrogens with two attached hydrogens (primary N) is 1.